The van der Waals surface area contributed by atoms with Crippen molar-refractivity contribution in [3.8, 4) is 0 Å². The highest BCUT2D eigenvalue weighted by atomic mass is 16.5. The van der Waals surface area contributed by atoms with Crippen LogP contribution in [0.2, 0.25) is 0 Å². The Labute approximate surface area is 144 Å². The zero-order valence-corrected chi connectivity index (χ0v) is 14.9. The van der Waals surface area contributed by atoms with E-state index in [9.17, 15) is 9.90 Å². The fourth-order valence-corrected chi connectivity index (χ4v) is 4.25. The summed E-state index contributed by atoms with van der Waals surface area (Å²) in [5.41, 5.74) is 1.57. The van der Waals surface area contributed by atoms with Crippen molar-refractivity contribution >= 4 is 5.91 Å². The number of carbonyl (C=O) groups is 1. The minimum atomic E-state index is -0.341. The Morgan fingerprint density at radius 1 is 1.42 bits per heavy atom. The van der Waals surface area contributed by atoms with E-state index in [-0.39, 0.29) is 23.7 Å². The van der Waals surface area contributed by atoms with Gasteiger partial charge in [0, 0.05) is 25.8 Å². The molecule has 1 heterocycles. The summed E-state index contributed by atoms with van der Waals surface area (Å²) < 4.78 is 5.83. The molecule has 3 atom stereocenters. The Morgan fingerprint density at radius 2 is 2.21 bits per heavy atom. The van der Waals surface area contributed by atoms with Crippen LogP contribution in [0.15, 0.2) is 24.3 Å². The van der Waals surface area contributed by atoms with Crippen molar-refractivity contribution in [3.05, 3.63) is 35.4 Å². The van der Waals surface area contributed by atoms with E-state index in [1.165, 1.54) is 0 Å². The highest BCUT2D eigenvalue weighted by Gasteiger charge is 2.52. The monoisotopic (exact) mass is 332 g/mol. The average Bonchev–Trinajstić information content (AvgIpc) is 2.93. The first-order chi connectivity index (χ1) is 11.4. The number of carbonyl (C=O) groups excluding carboxylic acids is 1. The molecule has 1 saturated carbocycles. The third-order valence-electron chi connectivity index (χ3n) is 5.50. The van der Waals surface area contributed by atoms with Crippen LogP contribution in [0, 0.1) is 0 Å². The highest BCUT2D eigenvalue weighted by molar-refractivity contribution is 5.95. The molecule has 5 nitrogen and oxygen atoms in total. The molecule has 1 N–H and O–H groups in total. The van der Waals surface area contributed by atoms with Crippen LogP contribution in [-0.4, -0.2) is 66.3 Å². The summed E-state index contributed by atoms with van der Waals surface area (Å²) in [6.45, 7) is 1.51. The summed E-state index contributed by atoms with van der Waals surface area (Å²) in [6.07, 6.45) is 2.69. The number of nitrogens with zero attached hydrogens (tertiary/aromatic N) is 2. The zero-order chi connectivity index (χ0) is 17.3. The van der Waals surface area contributed by atoms with E-state index < -0.39 is 0 Å². The minimum absolute atomic E-state index is 0.0312. The van der Waals surface area contributed by atoms with Crippen LogP contribution < -0.4 is 0 Å². The van der Waals surface area contributed by atoms with Gasteiger partial charge in [-0.25, -0.2) is 0 Å². The quantitative estimate of drug-likeness (QED) is 0.915. The van der Waals surface area contributed by atoms with E-state index in [1.54, 1.807) is 7.11 Å². The number of amides is 1. The van der Waals surface area contributed by atoms with Crippen LogP contribution in [0.3, 0.4) is 0 Å². The van der Waals surface area contributed by atoms with Gasteiger partial charge in [0.1, 0.15) is 0 Å². The maximum atomic E-state index is 13.1. The van der Waals surface area contributed by atoms with Gasteiger partial charge >= 0.3 is 0 Å². The standard InChI is InChI=1S/C19H28N2O3/c1-20(2)13-14-5-4-6-15(11-14)18(23)21-10-9-19(24-3)8-7-16(22)12-17(19)21/h4-6,11,16-17,22H,7-10,12-13H2,1-3H3/t16?,17?,19-/m1/s1. The summed E-state index contributed by atoms with van der Waals surface area (Å²) in [4.78, 5) is 17.1. The maximum absolute atomic E-state index is 13.1. The van der Waals surface area contributed by atoms with Gasteiger partial charge in [-0.15, -0.1) is 0 Å². The van der Waals surface area contributed by atoms with Gasteiger partial charge in [0.2, 0.25) is 0 Å². The third-order valence-corrected chi connectivity index (χ3v) is 5.50. The average molecular weight is 332 g/mol. The number of ether oxygens (including phenoxy) is 1. The van der Waals surface area contributed by atoms with Crippen molar-refractivity contribution in [2.45, 2.75) is 50.0 Å². The van der Waals surface area contributed by atoms with Crippen LogP contribution in [-0.2, 0) is 11.3 Å². The number of hydrogen-bond acceptors (Lipinski definition) is 4. The molecule has 132 valence electrons. The molecule has 2 unspecified atom stereocenters. The lowest BCUT2D eigenvalue weighted by Gasteiger charge is -2.42. The smallest absolute Gasteiger partial charge is 0.254 e. The number of hydrogen-bond donors (Lipinski definition) is 1. The maximum Gasteiger partial charge on any atom is 0.254 e. The minimum Gasteiger partial charge on any atom is -0.393 e. The number of aliphatic hydroxyl groups is 1. The molecule has 2 aliphatic rings. The van der Waals surface area contributed by atoms with E-state index in [2.05, 4.69) is 4.90 Å². The van der Waals surface area contributed by atoms with Crippen LogP contribution >= 0.6 is 0 Å². The van der Waals surface area contributed by atoms with Gasteiger partial charge < -0.3 is 19.6 Å². The van der Waals surface area contributed by atoms with E-state index in [0.717, 1.165) is 36.9 Å². The van der Waals surface area contributed by atoms with Gasteiger partial charge in [0.25, 0.3) is 5.91 Å². The fourth-order valence-electron chi connectivity index (χ4n) is 4.25. The SMILES string of the molecule is CO[C@@]12CCC(O)CC1N(C(=O)c1cccc(CN(C)C)c1)CC2. The Kier molecular flexibility index (Phi) is 4.95. The van der Waals surface area contributed by atoms with E-state index >= 15 is 0 Å². The van der Waals surface area contributed by atoms with Gasteiger partial charge in [-0.2, -0.15) is 0 Å². The Bertz CT molecular complexity index is 604. The summed E-state index contributed by atoms with van der Waals surface area (Å²) in [5, 5.41) is 10.1. The lowest BCUT2D eigenvalue weighted by Crippen LogP contribution is -2.52. The number of fused-ring (bicyclic) bond motifs is 1. The lowest BCUT2D eigenvalue weighted by atomic mass is 9.79. The number of methoxy groups -OCH3 is 1. The predicted molar refractivity (Wildman–Crippen MR) is 92.9 cm³/mol. The molecule has 24 heavy (non-hydrogen) atoms. The molecule has 0 bridgehead atoms. The largest absolute Gasteiger partial charge is 0.393 e. The van der Waals surface area contributed by atoms with Gasteiger partial charge in [-0.3, -0.25) is 4.79 Å². The van der Waals surface area contributed by atoms with E-state index in [4.69, 9.17) is 4.74 Å². The van der Waals surface area contributed by atoms with Crippen molar-refractivity contribution in [2.75, 3.05) is 27.7 Å². The van der Waals surface area contributed by atoms with Gasteiger partial charge in [0.15, 0.2) is 0 Å². The van der Waals surface area contributed by atoms with Crippen molar-refractivity contribution in [1.82, 2.24) is 9.80 Å². The number of rotatable bonds is 4. The number of benzene rings is 1. The summed E-state index contributed by atoms with van der Waals surface area (Å²) in [5.74, 6) is 0.0497. The second kappa shape index (κ2) is 6.82. The molecule has 1 aliphatic carbocycles. The Hall–Kier alpha value is -1.43. The topological polar surface area (TPSA) is 53.0 Å². The van der Waals surface area contributed by atoms with E-state index in [0.29, 0.717) is 13.0 Å². The molecule has 5 heteroatoms. The molecular formula is C19H28N2O3. The van der Waals surface area contributed by atoms with E-state index in [1.807, 2.05) is 43.3 Å². The second-order valence-electron chi connectivity index (χ2n) is 7.40. The van der Waals surface area contributed by atoms with Crippen molar-refractivity contribution in [3.63, 3.8) is 0 Å². The molecule has 1 aliphatic heterocycles. The molecule has 2 fully saturated rings. The molecule has 0 aromatic heterocycles. The molecular weight excluding hydrogens is 304 g/mol. The first kappa shape index (κ1) is 17.4. The fraction of sp³-hybridized carbons (Fsp3) is 0.632. The second-order valence-corrected chi connectivity index (χ2v) is 7.40. The van der Waals surface area contributed by atoms with Gasteiger partial charge in [-0.1, -0.05) is 12.1 Å². The predicted octanol–water partition coefficient (Wildman–Crippen LogP) is 1.89. The normalized spacial score (nSPS) is 29.8. The summed E-state index contributed by atoms with van der Waals surface area (Å²) in [7, 11) is 5.77. The first-order valence-corrected chi connectivity index (χ1v) is 8.73. The molecule has 0 radical (unpaired) electrons. The van der Waals surface area contributed by atoms with Crippen LogP contribution in [0.5, 0.6) is 0 Å². The first-order valence-electron chi connectivity index (χ1n) is 8.73. The molecule has 0 spiro atoms. The van der Waals surface area contributed by atoms with Gasteiger partial charge in [-0.05, 0) is 57.5 Å². The molecule has 1 amide bonds. The van der Waals surface area contributed by atoms with Crippen LogP contribution in [0.1, 0.15) is 41.6 Å². The highest BCUT2D eigenvalue weighted by Crippen LogP contribution is 2.42. The Morgan fingerprint density at radius 3 is 2.92 bits per heavy atom. The number of likely N-dealkylation sites (tertiary alicyclic amines) is 1. The van der Waals surface area contributed by atoms with Crippen LogP contribution in [0.25, 0.3) is 0 Å². The molecule has 1 aromatic carbocycles. The zero-order valence-electron chi connectivity index (χ0n) is 14.9. The third kappa shape index (κ3) is 3.21. The van der Waals surface area contributed by atoms with Crippen molar-refractivity contribution in [1.29, 1.82) is 0 Å². The summed E-state index contributed by atoms with van der Waals surface area (Å²) >= 11 is 0. The molecule has 1 aromatic rings. The lowest BCUT2D eigenvalue weighted by molar-refractivity contribution is -0.0824. The number of aliphatic hydroxyl groups excluding tert-OH is 1. The van der Waals surface area contributed by atoms with Crippen molar-refractivity contribution in [2.24, 2.45) is 0 Å². The van der Waals surface area contributed by atoms with Crippen molar-refractivity contribution < 1.29 is 14.6 Å². The molecule has 1 saturated heterocycles. The molecule has 3 rings (SSSR count). The Balaban J connectivity index is 1.82. The summed E-state index contributed by atoms with van der Waals surface area (Å²) in [6, 6.07) is 7.82. The van der Waals surface area contributed by atoms with Gasteiger partial charge in [0.05, 0.1) is 17.7 Å². The van der Waals surface area contributed by atoms with Crippen LogP contribution in [0.4, 0.5) is 0 Å².